The van der Waals surface area contributed by atoms with E-state index in [1.54, 1.807) is 13.8 Å². The topological polar surface area (TPSA) is 95.5 Å². The van der Waals surface area contributed by atoms with Gasteiger partial charge in [0, 0.05) is 16.9 Å². The first kappa shape index (κ1) is 19.4. The Kier molecular flexibility index (Phi) is 7.47. The molecule has 126 valence electrons. The van der Waals surface area contributed by atoms with Gasteiger partial charge in [-0.15, -0.1) is 0 Å². The summed E-state index contributed by atoms with van der Waals surface area (Å²) in [4.78, 5) is 34.9. The third-order valence-corrected chi connectivity index (χ3v) is 3.99. The van der Waals surface area contributed by atoms with Gasteiger partial charge in [0.1, 0.15) is 12.1 Å². The van der Waals surface area contributed by atoms with Crippen LogP contribution in [0.25, 0.3) is 0 Å². The molecular weight excluding hydrogens is 411 g/mol. The average molecular weight is 432 g/mol. The third kappa shape index (κ3) is 6.55. The van der Waals surface area contributed by atoms with Gasteiger partial charge in [-0.2, -0.15) is 0 Å². The standard InChI is InChI=1S/C16H21IN2O4/c1-9(2)14(18-10(3)20)15(21)19-13(16(22)23)8-11-4-6-12(17)7-5-11/h4-7,9,13-14H,8H2,1-3H3,(H,18,20)(H,19,21)(H,22,23)/t13-,14+/m0/s1. The van der Waals surface area contributed by atoms with Crippen molar-refractivity contribution in [1.29, 1.82) is 0 Å². The highest BCUT2D eigenvalue weighted by molar-refractivity contribution is 14.1. The van der Waals surface area contributed by atoms with Crippen molar-refractivity contribution in [2.24, 2.45) is 5.92 Å². The Morgan fingerprint density at radius 3 is 2.13 bits per heavy atom. The van der Waals surface area contributed by atoms with Crippen LogP contribution in [0.4, 0.5) is 0 Å². The first-order valence-electron chi connectivity index (χ1n) is 7.25. The van der Waals surface area contributed by atoms with E-state index in [1.807, 2.05) is 24.3 Å². The number of hydrogen-bond donors (Lipinski definition) is 3. The summed E-state index contributed by atoms with van der Waals surface area (Å²) in [7, 11) is 0. The summed E-state index contributed by atoms with van der Waals surface area (Å²) in [5.74, 6) is -2.08. The quantitative estimate of drug-likeness (QED) is 0.570. The summed E-state index contributed by atoms with van der Waals surface area (Å²) < 4.78 is 1.05. The molecule has 0 saturated carbocycles. The SMILES string of the molecule is CC(=O)N[C@@H](C(=O)N[C@@H](Cc1ccc(I)cc1)C(=O)O)C(C)C. The van der Waals surface area contributed by atoms with Gasteiger partial charge in [-0.1, -0.05) is 26.0 Å². The van der Waals surface area contributed by atoms with Crippen LogP contribution in [0.5, 0.6) is 0 Å². The summed E-state index contributed by atoms with van der Waals surface area (Å²) in [6.45, 7) is 4.90. The molecule has 0 bridgehead atoms. The first-order chi connectivity index (χ1) is 10.7. The zero-order valence-corrected chi connectivity index (χ0v) is 15.5. The molecule has 0 fully saturated rings. The second-order valence-electron chi connectivity index (χ2n) is 5.65. The molecule has 1 aromatic rings. The van der Waals surface area contributed by atoms with Crippen LogP contribution in [-0.4, -0.2) is 35.0 Å². The van der Waals surface area contributed by atoms with Gasteiger partial charge in [0.2, 0.25) is 11.8 Å². The minimum atomic E-state index is -1.11. The molecule has 0 aliphatic rings. The van der Waals surface area contributed by atoms with Crippen molar-refractivity contribution >= 4 is 40.4 Å². The fourth-order valence-corrected chi connectivity index (χ4v) is 2.43. The van der Waals surface area contributed by atoms with E-state index in [-0.39, 0.29) is 18.2 Å². The molecule has 0 radical (unpaired) electrons. The Bertz CT molecular complexity index is 572. The van der Waals surface area contributed by atoms with Gasteiger partial charge in [0.15, 0.2) is 0 Å². The van der Waals surface area contributed by atoms with Gasteiger partial charge in [0.25, 0.3) is 0 Å². The largest absolute Gasteiger partial charge is 0.480 e. The number of carbonyl (C=O) groups excluding carboxylic acids is 2. The molecule has 0 spiro atoms. The van der Waals surface area contributed by atoms with Gasteiger partial charge in [-0.25, -0.2) is 4.79 Å². The fourth-order valence-electron chi connectivity index (χ4n) is 2.07. The highest BCUT2D eigenvalue weighted by Gasteiger charge is 2.28. The predicted molar refractivity (Wildman–Crippen MR) is 94.9 cm³/mol. The molecule has 7 heteroatoms. The lowest BCUT2D eigenvalue weighted by atomic mass is 10.0. The number of carboxylic acid groups (broad SMARTS) is 1. The number of aliphatic carboxylic acids is 1. The lowest BCUT2D eigenvalue weighted by Crippen LogP contribution is -2.53. The van der Waals surface area contributed by atoms with E-state index in [1.165, 1.54) is 6.92 Å². The molecule has 1 aromatic carbocycles. The van der Waals surface area contributed by atoms with E-state index in [0.29, 0.717) is 0 Å². The number of amides is 2. The molecule has 1 rings (SSSR count). The summed E-state index contributed by atoms with van der Waals surface area (Å²) >= 11 is 2.16. The van der Waals surface area contributed by atoms with Crippen molar-refractivity contribution in [3.63, 3.8) is 0 Å². The van der Waals surface area contributed by atoms with Gasteiger partial charge in [-0.05, 0) is 46.2 Å². The van der Waals surface area contributed by atoms with Crippen LogP contribution in [-0.2, 0) is 20.8 Å². The van der Waals surface area contributed by atoms with Crippen molar-refractivity contribution in [2.75, 3.05) is 0 Å². The van der Waals surface area contributed by atoms with Crippen LogP contribution in [0.1, 0.15) is 26.3 Å². The summed E-state index contributed by atoms with van der Waals surface area (Å²) in [5.41, 5.74) is 0.818. The minimum absolute atomic E-state index is 0.147. The molecule has 0 saturated heterocycles. The maximum Gasteiger partial charge on any atom is 0.326 e. The molecule has 0 aromatic heterocycles. The Morgan fingerprint density at radius 2 is 1.70 bits per heavy atom. The molecule has 23 heavy (non-hydrogen) atoms. The smallest absolute Gasteiger partial charge is 0.326 e. The summed E-state index contributed by atoms with van der Waals surface area (Å²) in [6.07, 6.45) is 0.183. The number of rotatable bonds is 7. The minimum Gasteiger partial charge on any atom is -0.480 e. The maximum absolute atomic E-state index is 12.3. The van der Waals surface area contributed by atoms with E-state index >= 15 is 0 Å². The third-order valence-electron chi connectivity index (χ3n) is 3.28. The Hall–Kier alpha value is -1.64. The molecule has 0 heterocycles. The maximum atomic E-state index is 12.3. The van der Waals surface area contributed by atoms with Gasteiger partial charge < -0.3 is 15.7 Å². The molecule has 2 atom stereocenters. The Morgan fingerprint density at radius 1 is 1.13 bits per heavy atom. The predicted octanol–water partition coefficient (Wildman–Crippen LogP) is 1.56. The van der Waals surface area contributed by atoms with Crippen LogP contribution in [0.2, 0.25) is 0 Å². The number of carboxylic acids is 1. The van der Waals surface area contributed by atoms with Crippen LogP contribution in [0.3, 0.4) is 0 Å². The summed E-state index contributed by atoms with van der Waals surface area (Å²) in [5, 5.41) is 14.4. The highest BCUT2D eigenvalue weighted by Crippen LogP contribution is 2.10. The van der Waals surface area contributed by atoms with E-state index in [4.69, 9.17) is 0 Å². The molecular formula is C16H21IN2O4. The van der Waals surface area contributed by atoms with Crippen molar-refractivity contribution in [3.8, 4) is 0 Å². The van der Waals surface area contributed by atoms with E-state index in [9.17, 15) is 19.5 Å². The lowest BCUT2D eigenvalue weighted by molar-refractivity contribution is -0.142. The first-order valence-corrected chi connectivity index (χ1v) is 8.33. The van der Waals surface area contributed by atoms with Crippen molar-refractivity contribution < 1.29 is 19.5 Å². The zero-order valence-electron chi connectivity index (χ0n) is 13.3. The number of carbonyl (C=O) groups is 3. The summed E-state index contributed by atoms with van der Waals surface area (Å²) in [6, 6.07) is 5.62. The van der Waals surface area contributed by atoms with Crippen LogP contribution >= 0.6 is 22.6 Å². The lowest BCUT2D eigenvalue weighted by Gasteiger charge is -2.23. The average Bonchev–Trinajstić information content (AvgIpc) is 2.45. The van der Waals surface area contributed by atoms with Crippen molar-refractivity contribution in [3.05, 3.63) is 33.4 Å². The second kappa shape index (κ2) is 8.85. The zero-order chi connectivity index (χ0) is 17.6. The van der Waals surface area contributed by atoms with Crippen LogP contribution < -0.4 is 10.6 Å². The highest BCUT2D eigenvalue weighted by atomic mass is 127. The Labute approximate surface area is 149 Å². The number of halogens is 1. The van der Waals surface area contributed by atoms with Crippen LogP contribution in [0, 0.1) is 9.49 Å². The van der Waals surface area contributed by atoms with E-state index in [0.717, 1.165) is 9.13 Å². The Balaban J connectivity index is 2.81. The molecule has 0 aliphatic heterocycles. The number of hydrogen-bond acceptors (Lipinski definition) is 3. The number of benzene rings is 1. The molecule has 0 unspecified atom stereocenters. The van der Waals surface area contributed by atoms with Crippen molar-refractivity contribution in [1.82, 2.24) is 10.6 Å². The van der Waals surface area contributed by atoms with Crippen LogP contribution in [0.15, 0.2) is 24.3 Å². The van der Waals surface area contributed by atoms with E-state index < -0.39 is 24.0 Å². The number of nitrogens with one attached hydrogen (secondary N) is 2. The molecule has 6 nitrogen and oxygen atoms in total. The molecule has 0 aliphatic carbocycles. The van der Waals surface area contributed by atoms with Gasteiger partial charge in [-0.3, -0.25) is 9.59 Å². The monoisotopic (exact) mass is 432 g/mol. The van der Waals surface area contributed by atoms with Gasteiger partial charge in [0.05, 0.1) is 0 Å². The van der Waals surface area contributed by atoms with Crippen molar-refractivity contribution in [2.45, 2.75) is 39.3 Å². The molecule has 2 amide bonds. The van der Waals surface area contributed by atoms with Gasteiger partial charge >= 0.3 is 5.97 Å². The second-order valence-corrected chi connectivity index (χ2v) is 6.90. The normalized spacial score (nSPS) is 13.3. The van der Waals surface area contributed by atoms with E-state index in [2.05, 4.69) is 33.2 Å². The fraction of sp³-hybridized carbons (Fsp3) is 0.438. The molecule has 3 N–H and O–H groups in total.